The third-order valence-electron chi connectivity index (χ3n) is 2.55. The highest BCUT2D eigenvalue weighted by molar-refractivity contribution is 5.86. The summed E-state index contributed by atoms with van der Waals surface area (Å²) < 4.78 is 0. The van der Waals surface area contributed by atoms with Crippen LogP contribution in [0.25, 0.3) is 0 Å². The molecule has 0 saturated heterocycles. The van der Waals surface area contributed by atoms with Gasteiger partial charge in [0.05, 0.1) is 0 Å². The van der Waals surface area contributed by atoms with Gasteiger partial charge in [-0.25, -0.2) is 0 Å². The molecule has 1 aromatic carbocycles. The third-order valence-corrected chi connectivity index (χ3v) is 2.55. The van der Waals surface area contributed by atoms with E-state index in [-0.39, 0.29) is 0 Å². The molecule has 1 aromatic rings. The standard InChI is InChI=1S/C10H13N3/c11-10(13-12)9-6-8(9)7-4-2-1-3-5-7/h1-5,8-9H,6,12H2,(H2,11,13). The van der Waals surface area contributed by atoms with Crippen LogP contribution < -0.4 is 11.6 Å². The first-order valence-corrected chi connectivity index (χ1v) is 4.41. The van der Waals surface area contributed by atoms with Crippen LogP contribution in [0.3, 0.4) is 0 Å². The summed E-state index contributed by atoms with van der Waals surface area (Å²) in [5.41, 5.74) is 6.96. The van der Waals surface area contributed by atoms with Crippen molar-refractivity contribution in [1.29, 1.82) is 0 Å². The summed E-state index contributed by atoms with van der Waals surface area (Å²) in [5, 5.41) is 3.52. The number of benzene rings is 1. The van der Waals surface area contributed by atoms with Gasteiger partial charge in [-0.05, 0) is 17.9 Å². The summed E-state index contributed by atoms with van der Waals surface area (Å²) in [6.45, 7) is 0. The number of nitrogens with two attached hydrogens (primary N) is 2. The van der Waals surface area contributed by atoms with Crippen LogP contribution in [-0.2, 0) is 0 Å². The van der Waals surface area contributed by atoms with Gasteiger partial charge in [-0.15, -0.1) is 0 Å². The zero-order valence-electron chi connectivity index (χ0n) is 7.35. The van der Waals surface area contributed by atoms with Crippen molar-refractivity contribution in [3.8, 4) is 0 Å². The van der Waals surface area contributed by atoms with Gasteiger partial charge in [-0.3, -0.25) is 0 Å². The number of nitrogens with zero attached hydrogens (tertiary/aromatic N) is 1. The van der Waals surface area contributed by atoms with Crippen molar-refractivity contribution in [3.05, 3.63) is 35.9 Å². The average Bonchev–Trinajstić information content (AvgIpc) is 2.98. The van der Waals surface area contributed by atoms with Crippen LogP contribution in [0, 0.1) is 5.92 Å². The highest BCUT2D eigenvalue weighted by Crippen LogP contribution is 2.47. The molecule has 0 aromatic heterocycles. The summed E-state index contributed by atoms with van der Waals surface area (Å²) >= 11 is 0. The molecule has 1 fully saturated rings. The van der Waals surface area contributed by atoms with Crippen molar-refractivity contribution in [2.24, 2.45) is 22.6 Å². The normalized spacial score (nSPS) is 27.2. The SMILES string of the molecule is N/N=C(/N)C1CC1c1ccccc1. The van der Waals surface area contributed by atoms with E-state index >= 15 is 0 Å². The van der Waals surface area contributed by atoms with Gasteiger partial charge in [-0.2, -0.15) is 5.10 Å². The van der Waals surface area contributed by atoms with Crippen LogP contribution in [0.4, 0.5) is 0 Å². The molecular weight excluding hydrogens is 162 g/mol. The summed E-state index contributed by atoms with van der Waals surface area (Å²) in [6.07, 6.45) is 1.08. The number of hydrogen-bond acceptors (Lipinski definition) is 2. The predicted molar refractivity (Wildman–Crippen MR) is 53.1 cm³/mol. The van der Waals surface area contributed by atoms with Gasteiger partial charge in [0.25, 0.3) is 0 Å². The van der Waals surface area contributed by atoms with Crippen molar-refractivity contribution < 1.29 is 0 Å². The summed E-state index contributed by atoms with van der Waals surface area (Å²) in [7, 11) is 0. The lowest BCUT2D eigenvalue weighted by Crippen LogP contribution is -2.17. The zero-order valence-corrected chi connectivity index (χ0v) is 7.35. The quantitative estimate of drug-likeness (QED) is 0.305. The lowest BCUT2D eigenvalue weighted by atomic mass is 10.1. The molecule has 4 N–H and O–H groups in total. The Morgan fingerprint density at radius 3 is 2.62 bits per heavy atom. The molecule has 13 heavy (non-hydrogen) atoms. The summed E-state index contributed by atoms with van der Waals surface area (Å²) in [4.78, 5) is 0. The van der Waals surface area contributed by atoms with E-state index in [2.05, 4.69) is 17.2 Å². The highest BCUT2D eigenvalue weighted by Gasteiger charge is 2.41. The molecule has 3 heteroatoms. The van der Waals surface area contributed by atoms with E-state index in [9.17, 15) is 0 Å². The van der Waals surface area contributed by atoms with E-state index < -0.39 is 0 Å². The monoisotopic (exact) mass is 175 g/mol. The molecule has 0 aliphatic heterocycles. The van der Waals surface area contributed by atoms with Crippen molar-refractivity contribution in [3.63, 3.8) is 0 Å². The topological polar surface area (TPSA) is 64.4 Å². The number of hydrazone groups is 1. The fraction of sp³-hybridized carbons (Fsp3) is 0.300. The molecule has 3 nitrogen and oxygen atoms in total. The van der Waals surface area contributed by atoms with Crippen molar-refractivity contribution in [2.75, 3.05) is 0 Å². The molecule has 0 spiro atoms. The Balaban J connectivity index is 2.09. The lowest BCUT2D eigenvalue weighted by molar-refractivity contribution is 1.02. The second-order valence-corrected chi connectivity index (χ2v) is 3.41. The zero-order chi connectivity index (χ0) is 9.26. The van der Waals surface area contributed by atoms with Crippen LogP contribution in [0.15, 0.2) is 35.4 Å². The molecule has 1 aliphatic rings. The minimum atomic E-state index is 0.368. The number of rotatable bonds is 2. The van der Waals surface area contributed by atoms with Gasteiger partial charge >= 0.3 is 0 Å². The molecule has 2 rings (SSSR count). The molecule has 0 radical (unpaired) electrons. The Kier molecular flexibility index (Phi) is 1.93. The largest absolute Gasteiger partial charge is 0.385 e. The van der Waals surface area contributed by atoms with Gasteiger partial charge in [-0.1, -0.05) is 30.3 Å². The fourth-order valence-electron chi connectivity index (χ4n) is 1.69. The number of amidine groups is 1. The van der Waals surface area contributed by atoms with Crippen molar-refractivity contribution in [1.82, 2.24) is 0 Å². The Hall–Kier alpha value is -1.51. The first kappa shape index (κ1) is 8.10. The summed E-state index contributed by atoms with van der Waals surface area (Å²) in [6, 6.07) is 10.3. The van der Waals surface area contributed by atoms with Gasteiger partial charge < -0.3 is 11.6 Å². The highest BCUT2D eigenvalue weighted by atomic mass is 15.2. The van der Waals surface area contributed by atoms with Gasteiger partial charge in [0, 0.05) is 5.92 Å². The predicted octanol–water partition coefficient (Wildman–Crippen LogP) is 1.02. The third kappa shape index (κ3) is 1.49. The van der Waals surface area contributed by atoms with E-state index in [1.807, 2.05) is 18.2 Å². The first-order chi connectivity index (χ1) is 6.33. The fourth-order valence-corrected chi connectivity index (χ4v) is 1.69. The Labute approximate surface area is 77.4 Å². The molecule has 1 aliphatic carbocycles. The van der Waals surface area contributed by atoms with Crippen LogP contribution in [0.5, 0.6) is 0 Å². The van der Waals surface area contributed by atoms with Gasteiger partial charge in [0.2, 0.25) is 0 Å². The molecule has 0 amide bonds. The van der Waals surface area contributed by atoms with Gasteiger partial charge in [0.15, 0.2) is 0 Å². The average molecular weight is 175 g/mol. The van der Waals surface area contributed by atoms with Crippen LogP contribution in [0.1, 0.15) is 17.9 Å². The molecule has 1 saturated carbocycles. The van der Waals surface area contributed by atoms with Crippen LogP contribution >= 0.6 is 0 Å². The maximum absolute atomic E-state index is 5.63. The van der Waals surface area contributed by atoms with Crippen LogP contribution in [0.2, 0.25) is 0 Å². The smallest absolute Gasteiger partial charge is 0.123 e. The Bertz CT molecular complexity index is 318. The molecule has 2 unspecified atom stereocenters. The Morgan fingerprint density at radius 2 is 2.00 bits per heavy atom. The number of hydrogen-bond donors (Lipinski definition) is 2. The molecule has 0 heterocycles. The van der Waals surface area contributed by atoms with E-state index in [4.69, 9.17) is 11.6 Å². The summed E-state index contributed by atoms with van der Waals surface area (Å²) in [5.74, 6) is 6.60. The molecule has 2 atom stereocenters. The van der Waals surface area contributed by atoms with E-state index in [1.165, 1.54) is 5.56 Å². The van der Waals surface area contributed by atoms with E-state index in [0.717, 1.165) is 6.42 Å². The second-order valence-electron chi connectivity index (χ2n) is 3.41. The van der Waals surface area contributed by atoms with E-state index in [1.54, 1.807) is 0 Å². The lowest BCUT2D eigenvalue weighted by Gasteiger charge is -1.98. The maximum Gasteiger partial charge on any atom is 0.123 e. The minimum Gasteiger partial charge on any atom is -0.385 e. The van der Waals surface area contributed by atoms with Gasteiger partial charge in [0.1, 0.15) is 5.84 Å². The minimum absolute atomic E-state index is 0.368. The molecular formula is C10H13N3. The second kappa shape index (κ2) is 3.09. The van der Waals surface area contributed by atoms with Crippen molar-refractivity contribution >= 4 is 5.84 Å². The molecule has 68 valence electrons. The molecule has 0 bridgehead atoms. The van der Waals surface area contributed by atoms with Crippen molar-refractivity contribution in [2.45, 2.75) is 12.3 Å². The van der Waals surface area contributed by atoms with Crippen LogP contribution in [-0.4, -0.2) is 5.84 Å². The maximum atomic E-state index is 5.63. The Morgan fingerprint density at radius 1 is 1.31 bits per heavy atom. The first-order valence-electron chi connectivity index (χ1n) is 4.41. The van der Waals surface area contributed by atoms with E-state index in [0.29, 0.717) is 17.7 Å².